The molecule has 1 aliphatic heterocycles. The van der Waals surface area contributed by atoms with Gasteiger partial charge in [-0.05, 0) is 44.2 Å². The van der Waals surface area contributed by atoms with E-state index in [1.54, 1.807) is 56.6 Å². The standard InChI is InChI=1S/C18H18N4O3/c1-18(2)16(23)15(13-9-11(10-19)3-4-14(13)25-18)22-17(24)21-12-5-7-20-8-6-12/h3-9,15-16,23H,1-2H3,(H2,20,21,22,24)/t15-,16+/m0/s1. The highest BCUT2D eigenvalue weighted by Gasteiger charge is 2.43. The summed E-state index contributed by atoms with van der Waals surface area (Å²) in [6.45, 7) is 3.49. The highest BCUT2D eigenvalue weighted by molar-refractivity contribution is 5.89. The lowest BCUT2D eigenvalue weighted by Gasteiger charge is -2.42. The third-order valence-electron chi connectivity index (χ3n) is 4.10. The monoisotopic (exact) mass is 338 g/mol. The summed E-state index contributed by atoms with van der Waals surface area (Å²) < 4.78 is 5.82. The van der Waals surface area contributed by atoms with Crippen molar-refractivity contribution in [3.05, 3.63) is 53.9 Å². The van der Waals surface area contributed by atoms with Crippen LogP contribution in [-0.2, 0) is 0 Å². The summed E-state index contributed by atoms with van der Waals surface area (Å²) in [5.41, 5.74) is 0.682. The molecule has 0 aliphatic carbocycles. The van der Waals surface area contributed by atoms with E-state index >= 15 is 0 Å². The Kier molecular flexibility index (Phi) is 4.30. The van der Waals surface area contributed by atoms with Crippen LogP contribution in [0.15, 0.2) is 42.7 Å². The molecule has 1 aliphatic rings. The van der Waals surface area contributed by atoms with Gasteiger partial charge in [-0.3, -0.25) is 4.98 Å². The Bertz CT molecular complexity index is 830. The number of hydrogen-bond acceptors (Lipinski definition) is 5. The van der Waals surface area contributed by atoms with Gasteiger partial charge in [0, 0.05) is 23.6 Å². The van der Waals surface area contributed by atoms with Gasteiger partial charge < -0.3 is 20.5 Å². The average Bonchev–Trinajstić information content (AvgIpc) is 2.59. The second kappa shape index (κ2) is 6.42. The van der Waals surface area contributed by atoms with Gasteiger partial charge in [-0.1, -0.05) is 0 Å². The zero-order valence-corrected chi connectivity index (χ0v) is 13.9. The zero-order valence-electron chi connectivity index (χ0n) is 13.9. The van der Waals surface area contributed by atoms with Crippen molar-refractivity contribution in [1.82, 2.24) is 10.3 Å². The number of amides is 2. The lowest BCUT2D eigenvalue weighted by atomic mass is 9.86. The fourth-order valence-electron chi connectivity index (χ4n) is 2.77. The molecule has 0 bridgehead atoms. The largest absolute Gasteiger partial charge is 0.485 e. The second-order valence-corrected chi connectivity index (χ2v) is 6.33. The predicted octanol–water partition coefficient (Wildman–Crippen LogP) is 2.35. The van der Waals surface area contributed by atoms with E-state index in [1.807, 2.05) is 0 Å². The molecule has 0 fully saturated rings. The van der Waals surface area contributed by atoms with Crippen LogP contribution in [0.5, 0.6) is 5.75 Å². The highest BCUT2D eigenvalue weighted by atomic mass is 16.5. The number of nitriles is 1. The fourth-order valence-corrected chi connectivity index (χ4v) is 2.77. The number of aliphatic hydroxyl groups is 1. The van der Waals surface area contributed by atoms with Crippen LogP contribution in [0.1, 0.15) is 31.0 Å². The molecule has 7 heteroatoms. The number of nitrogens with zero attached hydrogens (tertiary/aromatic N) is 2. The van der Waals surface area contributed by atoms with Gasteiger partial charge in [0.15, 0.2) is 0 Å². The van der Waals surface area contributed by atoms with Crippen molar-refractivity contribution >= 4 is 11.7 Å². The Morgan fingerprint density at radius 2 is 2.04 bits per heavy atom. The summed E-state index contributed by atoms with van der Waals surface area (Å²) in [6.07, 6.45) is 2.14. The Morgan fingerprint density at radius 1 is 1.32 bits per heavy atom. The molecule has 0 saturated carbocycles. The first-order valence-corrected chi connectivity index (χ1v) is 7.79. The number of carbonyl (C=O) groups is 1. The first-order chi connectivity index (χ1) is 11.9. The minimum absolute atomic E-state index is 0.426. The van der Waals surface area contributed by atoms with Crippen molar-refractivity contribution < 1.29 is 14.6 Å². The number of rotatable bonds is 2. The van der Waals surface area contributed by atoms with E-state index in [-0.39, 0.29) is 0 Å². The molecule has 0 unspecified atom stereocenters. The Morgan fingerprint density at radius 3 is 2.72 bits per heavy atom. The van der Waals surface area contributed by atoms with E-state index in [4.69, 9.17) is 10.00 Å². The van der Waals surface area contributed by atoms with Crippen molar-refractivity contribution in [2.75, 3.05) is 5.32 Å². The van der Waals surface area contributed by atoms with Gasteiger partial charge in [0.2, 0.25) is 0 Å². The normalized spacial score (nSPS) is 20.6. The molecule has 3 rings (SSSR count). The first kappa shape index (κ1) is 16.7. The molecule has 25 heavy (non-hydrogen) atoms. The molecule has 2 aromatic rings. The van der Waals surface area contributed by atoms with Crippen LogP contribution in [0.25, 0.3) is 0 Å². The third kappa shape index (κ3) is 3.39. The third-order valence-corrected chi connectivity index (χ3v) is 4.10. The minimum Gasteiger partial charge on any atom is -0.485 e. The SMILES string of the molecule is CC1(C)Oc2ccc(C#N)cc2[C@H](NC(=O)Nc2ccncc2)[C@H]1O. The van der Waals surface area contributed by atoms with Gasteiger partial charge in [-0.2, -0.15) is 5.26 Å². The smallest absolute Gasteiger partial charge is 0.319 e. The molecular formula is C18H18N4O3. The van der Waals surface area contributed by atoms with Crippen LogP contribution >= 0.6 is 0 Å². The van der Waals surface area contributed by atoms with Crippen LogP contribution in [0, 0.1) is 11.3 Å². The van der Waals surface area contributed by atoms with E-state index in [0.29, 0.717) is 22.6 Å². The van der Waals surface area contributed by atoms with Gasteiger partial charge in [0.25, 0.3) is 0 Å². The van der Waals surface area contributed by atoms with E-state index in [0.717, 1.165) is 0 Å². The Balaban J connectivity index is 1.88. The zero-order chi connectivity index (χ0) is 18.0. The molecule has 2 atom stereocenters. The number of pyridine rings is 1. The Labute approximate surface area is 145 Å². The predicted molar refractivity (Wildman–Crippen MR) is 91.0 cm³/mol. The van der Waals surface area contributed by atoms with Crippen LogP contribution in [0.3, 0.4) is 0 Å². The number of fused-ring (bicyclic) bond motifs is 1. The van der Waals surface area contributed by atoms with Crippen LogP contribution in [0.2, 0.25) is 0 Å². The van der Waals surface area contributed by atoms with E-state index in [9.17, 15) is 9.90 Å². The van der Waals surface area contributed by atoms with E-state index in [2.05, 4.69) is 21.7 Å². The second-order valence-electron chi connectivity index (χ2n) is 6.33. The maximum Gasteiger partial charge on any atom is 0.319 e. The number of benzene rings is 1. The maximum atomic E-state index is 12.3. The number of carbonyl (C=O) groups excluding carboxylic acids is 1. The summed E-state index contributed by atoms with van der Waals surface area (Å²) >= 11 is 0. The Hall–Kier alpha value is -3.11. The lowest BCUT2D eigenvalue weighted by molar-refractivity contribution is -0.0618. The molecule has 0 saturated heterocycles. The average molecular weight is 338 g/mol. The van der Waals surface area contributed by atoms with Crippen molar-refractivity contribution in [3.63, 3.8) is 0 Å². The molecule has 1 aromatic heterocycles. The number of aliphatic hydroxyl groups excluding tert-OH is 1. The van der Waals surface area contributed by atoms with Gasteiger partial charge >= 0.3 is 6.03 Å². The molecule has 0 radical (unpaired) electrons. The van der Waals surface area contributed by atoms with Crippen LogP contribution in [0.4, 0.5) is 10.5 Å². The van der Waals surface area contributed by atoms with Gasteiger partial charge in [0.1, 0.15) is 17.5 Å². The van der Waals surface area contributed by atoms with Gasteiger partial charge in [0.05, 0.1) is 17.7 Å². The number of nitrogens with one attached hydrogen (secondary N) is 2. The molecule has 7 nitrogen and oxygen atoms in total. The van der Waals surface area contributed by atoms with Crippen molar-refractivity contribution in [1.29, 1.82) is 5.26 Å². The summed E-state index contributed by atoms with van der Waals surface area (Å²) in [7, 11) is 0. The summed E-state index contributed by atoms with van der Waals surface area (Å²) in [4.78, 5) is 16.2. The number of ether oxygens (including phenoxy) is 1. The van der Waals surface area contributed by atoms with Crippen molar-refractivity contribution in [2.24, 2.45) is 0 Å². The number of aromatic nitrogens is 1. The highest BCUT2D eigenvalue weighted by Crippen LogP contribution is 2.40. The number of anilines is 1. The number of urea groups is 1. The molecule has 2 heterocycles. The van der Waals surface area contributed by atoms with E-state index < -0.39 is 23.8 Å². The summed E-state index contributed by atoms with van der Waals surface area (Å²) in [6, 6.07) is 9.12. The number of hydrogen-bond donors (Lipinski definition) is 3. The molecular weight excluding hydrogens is 320 g/mol. The summed E-state index contributed by atoms with van der Waals surface area (Å²) in [5, 5.41) is 25.2. The van der Waals surface area contributed by atoms with Crippen LogP contribution < -0.4 is 15.4 Å². The minimum atomic E-state index is -0.989. The summed E-state index contributed by atoms with van der Waals surface area (Å²) in [5.74, 6) is 0.531. The quantitative estimate of drug-likeness (QED) is 0.779. The molecule has 3 N–H and O–H groups in total. The molecule has 2 amide bonds. The fraction of sp³-hybridized carbons (Fsp3) is 0.278. The van der Waals surface area contributed by atoms with Gasteiger partial charge in [-0.25, -0.2) is 4.79 Å². The first-order valence-electron chi connectivity index (χ1n) is 7.79. The van der Waals surface area contributed by atoms with Crippen molar-refractivity contribution in [2.45, 2.75) is 31.6 Å². The molecule has 128 valence electrons. The lowest BCUT2D eigenvalue weighted by Crippen LogP contribution is -2.54. The molecule has 1 aromatic carbocycles. The maximum absolute atomic E-state index is 12.3. The topological polar surface area (TPSA) is 107 Å². The van der Waals surface area contributed by atoms with Crippen LogP contribution in [-0.4, -0.2) is 27.8 Å². The van der Waals surface area contributed by atoms with Gasteiger partial charge in [-0.15, -0.1) is 0 Å². The molecule has 0 spiro atoms. The van der Waals surface area contributed by atoms with E-state index in [1.165, 1.54) is 0 Å². The van der Waals surface area contributed by atoms with Crippen molar-refractivity contribution in [3.8, 4) is 11.8 Å².